The third-order valence-electron chi connectivity index (χ3n) is 4.58. The van der Waals surface area contributed by atoms with Crippen molar-refractivity contribution in [2.24, 2.45) is 0 Å². The molecule has 0 unspecified atom stereocenters. The molecule has 0 aliphatic rings. The minimum atomic E-state index is -0.523. The third kappa shape index (κ3) is 4.62. The Kier molecular flexibility index (Phi) is 6.17. The highest BCUT2D eigenvalue weighted by Gasteiger charge is 2.19. The molecule has 0 fully saturated rings. The fraction of sp³-hybridized carbons (Fsp3) is 0.0870. The van der Waals surface area contributed by atoms with Gasteiger partial charge in [0.1, 0.15) is 17.1 Å². The predicted molar refractivity (Wildman–Crippen MR) is 118 cm³/mol. The molecular formula is C23H21N5O4. The average molecular weight is 431 g/mol. The summed E-state index contributed by atoms with van der Waals surface area (Å²) in [5.41, 5.74) is 6.93. The van der Waals surface area contributed by atoms with Crippen LogP contribution in [0.2, 0.25) is 0 Å². The molecule has 2 aromatic carbocycles. The van der Waals surface area contributed by atoms with Crippen molar-refractivity contribution in [1.29, 1.82) is 0 Å². The third-order valence-corrected chi connectivity index (χ3v) is 4.58. The summed E-state index contributed by atoms with van der Waals surface area (Å²) in [6.45, 7) is -0.0593. The lowest BCUT2D eigenvalue weighted by Crippen LogP contribution is -2.44. The molecule has 3 N–H and O–H groups in total. The SMILES string of the molecule is COc1ccccc1NCC(=O)NNC(=O)c1cc(-c2ccco2)nn1-c1ccccc1. The van der Waals surface area contributed by atoms with Crippen LogP contribution in [-0.2, 0) is 4.79 Å². The van der Waals surface area contributed by atoms with Gasteiger partial charge in [-0.1, -0.05) is 30.3 Å². The fourth-order valence-corrected chi connectivity index (χ4v) is 3.05. The Hall–Kier alpha value is -4.53. The standard InChI is InChI=1S/C23H21N5O4/c1-31-20-11-6-5-10-17(20)24-15-22(29)25-26-23(30)19-14-18(21-12-7-13-32-21)27-28(19)16-8-3-2-4-9-16/h2-14,24H,15H2,1H3,(H,25,29)(H,26,30). The van der Waals surface area contributed by atoms with Crippen molar-refractivity contribution in [2.45, 2.75) is 0 Å². The van der Waals surface area contributed by atoms with Crippen molar-refractivity contribution >= 4 is 17.5 Å². The van der Waals surface area contributed by atoms with Gasteiger partial charge in [0.25, 0.3) is 11.8 Å². The zero-order valence-electron chi connectivity index (χ0n) is 17.2. The first kappa shape index (κ1) is 20.7. The van der Waals surface area contributed by atoms with Crippen LogP contribution in [0.3, 0.4) is 0 Å². The maximum Gasteiger partial charge on any atom is 0.288 e. The monoisotopic (exact) mass is 431 g/mol. The summed E-state index contributed by atoms with van der Waals surface area (Å²) < 4.78 is 12.1. The van der Waals surface area contributed by atoms with E-state index in [1.807, 2.05) is 42.5 Å². The summed E-state index contributed by atoms with van der Waals surface area (Å²) in [6.07, 6.45) is 1.53. The molecule has 0 radical (unpaired) electrons. The van der Waals surface area contributed by atoms with Crippen molar-refractivity contribution in [2.75, 3.05) is 19.0 Å². The number of nitrogens with zero attached hydrogens (tertiary/aromatic N) is 2. The smallest absolute Gasteiger partial charge is 0.288 e. The maximum absolute atomic E-state index is 12.8. The number of hydrazine groups is 1. The van der Waals surface area contributed by atoms with Gasteiger partial charge < -0.3 is 14.5 Å². The van der Waals surface area contributed by atoms with Crippen LogP contribution in [-0.4, -0.2) is 35.2 Å². The van der Waals surface area contributed by atoms with Crippen molar-refractivity contribution in [3.63, 3.8) is 0 Å². The highest BCUT2D eigenvalue weighted by atomic mass is 16.5. The molecule has 2 aromatic heterocycles. The number of hydrogen-bond donors (Lipinski definition) is 3. The summed E-state index contributed by atoms with van der Waals surface area (Å²) in [4.78, 5) is 25.1. The number of aromatic nitrogens is 2. The van der Waals surface area contributed by atoms with Crippen LogP contribution in [0.4, 0.5) is 5.69 Å². The highest BCUT2D eigenvalue weighted by molar-refractivity contribution is 5.95. The quantitative estimate of drug-likeness (QED) is 0.388. The molecule has 2 heterocycles. The van der Waals surface area contributed by atoms with E-state index >= 15 is 0 Å². The first-order valence-electron chi connectivity index (χ1n) is 9.81. The van der Waals surface area contributed by atoms with E-state index in [1.54, 1.807) is 37.4 Å². The van der Waals surface area contributed by atoms with Gasteiger partial charge in [-0.2, -0.15) is 5.10 Å². The molecule has 162 valence electrons. The van der Waals surface area contributed by atoms with E-state index < -0.39 is 11.8 Å². The number of carbonyl (C=O) groups excluding carboxylic acids is 2. The van der Waals surface area contributed by atoms with Crippen LogP contribution in [0.5, 0.6) is 5.75 Å². The van der Waals surface area contributed by atoms with E-state index in [2.05, 4.69) is 21.3 Å². The molecule has 0 saturated carbocycles. The Labute approximate surface area is 184 Å². The van der Waals surface area contributed by atoms with Crippen molar-refractivity contribution in [3.8, 4) is 22.9 Å². The topological polar surface area (TPSA) is 110 Å². The van der Waals surface area contributed by atoms with Gasteiger partial charge in [0, 0.05) is 6.07 Å². The van der Waals surface area contributed by atoms with E-state index in [0.717, 1.165) is 0 Å². The molecule has 0 aliphatic carbocycles. The summed E-state index contributed by atoms with van der Waals surface area (Å²) in [5.74, 6) is 0.187. The van der Waals surface area contributed by atoms with Crippen LogP contribution in [0, 0.1) is 0 Å². The molecule has 4 rings (SSSR count). The summed E-state index contributed by atoms with van der Waals surface area (Å²) in [5, 5.41) is 7.46. The molecule has 9 heteroatoms. The van der Waals surface area contributed by atoms with Gasteiger partial charge in [0.15, 0.2) is 5.76 Å². The summed E-state index contributed by atoms with van der Waals surface area (Å²) in [7, 11) is 1.55. The Morgan fingerprint density at radius 1 is 1.00 bits per heavy atom. The van der Waals surface area contributed by atoms with Gasteiger partial charge in [-0.25, -0.2) is 4.68 Å². The lowest BCUT2D eigenvalue weighted by Gasteiger charge is -2.12. The van der Waals surface area contributed by atoms with Gasteiger partial charge in [0.2, 0.25) is 0 Å². The van der Waals surface area contributed by atoms with Crippen molar-refractivity contribution < 1.29 is 18.7 Å². The number of hydrogen-bond acceptors (Lipinski definition) is 6. The van der Waals surface area contributed by atoms with E-state index in [4.69, 9.17) is 9.15 Å². The molecule has 4 aromatic rings. The summed E-state index contributed by atoms with van der Waals surface area (Å²) >= 11 is 0. The lowest BCUT2D eigenvalue weighted by atomic mass is 10.3. The molecule has 32 heavy (non-hydrogen) atoms. The second kappa shape index (κ2) is 9.52. The number of anilines is 1. The van der Waals surface area contributed by atoms with Gasteiger partial charge in [-0.3, -0.25) is 20.4 Å². The molecule has 9 nitrogen and oxygen atoms in total. The van der Waals surface area contributed by atoms with Crippen molar-refractivity contribution in [1.82, 2.24) is 20.6 Å². The fourth-order valence-electron chi connectivity index (χ4n) is 3.05. The number of nitrogens with one attached hydrogen (secondary N) is 3. The number of amides is 2. The normalized spacial score (nSPS) is 10.4. The number of furan rings is 1. The van der Waals surface area contributed by atoms with E-state index in [0.29, 0.717) is 28.6 Å². The molecule has 0 bridgehead atoms. The van der Waals surface area contributed by atoms with Crippen LogP contribution in [0.1, 0.15) is 10.5 Å². The van der Waals surface area contributed by atoms with Gasteiger partial charge in [0.05, 0.1) is 31.3 Å². The summed E-state index contributed by atoms with van der Waals surface area (Å²) in [6, 6.07) is 21.5. The van der Waals surface area contributed by atoms with Crippen LogP contribution >= 0.6 is 0 Å². The van der Waals surface area contributed by atoms with E-state index in [-0.39, 0.29) is 12.2 Å². The number of rotatable bonds is 7. The van der Waals surface area contributed by atoms with Gasteiger partial charge in [-0.05, 0) is 36.4 Å². The van der Waals surface area contributed by atoms with Gasteiger partial charge in [-0.15, -0.1) is 0 Å². The number of carbonyl (C=O) groups is 2. The molecule has 0 saturated heterocycles. The Balaban J connectivity index is 1.45. The van der Waals surface area contributed by atoms with E-state index in [1.165, 1.54) is 10.9 Å². The van der Waals surface area contributed by atoms with E-state index in [9.17, 15) is 9.59 Å². The average Bonchev–Trinajstić information content (AvgIpc) is 3.52. The number of benzene rings is 2. The first-order chi connectivity index (χ1) is 15.7. The largest absolute Gasteiger partial charge is 0.495 e. The molecule has 0 aliphatic heterocycles. The minimum absolute atomic E-state index is 0.0593. The minimum Gasteiger partial charge on any atom is -0.495 e. The van der Waals surface area contributed by atoms with Crippen LogP contribution in [0.15, 0.2) is 83.5 Å². The van der Waals surface area contributed by atoms with Crippen molar-refractivity contribution in [3.05, 3.63) is 84.8 Å². The highest BCUT2D eigenvalue weighted by Crippen LogP contribution is 2.23. The Morgan fingerprint density at radius 2 is 1.78 bits per heavy atom. The van der Waals surface area contributed by atoms with Crippen LogP contribution < -0.4 is 20.9 Å². The molecular weight excluding hydrogens is 410 g/mol. The number of methoxy groups -OCH3 is 1. The second-order valence-corrected chi connectivity index (χ2v) is 6.70. The Morgan fingerprint density at radius 3 is 2.53 bits per heavy atom. The zero-order valence-corrected chi connectivity index (χ0v) is 17.2. The second-order valence-electron chi connectivity index (χ2n) is 6.70. The number of ether oxygens (including phenoxy) is 1. The number of para-hydroxylation sites is 3. The molecule has 0 spiro atoms. The molecule has 0 atom stereocenters. The lowest BCUT2D eigenvalue weighted by molar-refractivity contribution is -0.120. The zero-order chi connectivity index (χ0) is 22.3. The molecule has 2 amide bonds. The Bertz CT molecular complexity index is 1200. The first-order valence-corrected chi connectivity index (χ1v) is 9.81. The maximum atomic E-state index is 12.8. The van der Waals surface area contributed by atoms with Crippen LogP contribution in [0.25, 0.3) is 17.1 Å². The van der Waals surface area contributed by atoms with Gasteiger partial charge >= 0.3 is 0 Å². The predicted octanol–water partition coefficient (Wildman–Crippen LogP) is 3.01.